The Balaban J connectivity index is 1.60. The van der Waals surface area contributed by atoms with Crippen LogP contribution in [0.1, 0.15) is 36.2 Å². The Morgan fingerprint density at radius 1 is 1.04 bits per heavy atom. The number of aromatic nitrogens is 3. The maximum atomic E-state index is 14.2. The second kappa shape index (κ2) is 6.92. The molecule has 2 heterocycles. The van der Waals surface area contributed by atoms with E-state index >= 15 is 0 Å². The molecule has 26 heavy (non-hydrogen) atoms. The molecular weight excluding hydrogens is 327 g/mol. The second-order valence-corrected chi connectivity index (χ2v) is 6.69. The number of pyridine rings is 1. The van der Waals surface area contributed by atoms with Gasteiger partial charge in [0.05, 0.1) is 17.1 Å². The highest BCUT2D eigenvalue weighted by Gasteiger charge is 2.42. The highest BCUT2D eigenvalue weighted by molar-refractivity contribution is 5.63. The maximum absolute atomic E-state index is 14.2. The fourth-order valence-corrected chi connectivity index (χ4v) is 3.55. The summed E-state index contributed by atoms with van der Waals surface area (Å²) in [5.41, 5.74) is 9.48. The first-order chi connectivity index (χ1) is 12.7. The van der Waals surface area contributed by atoms with Crippen molar-refractivity contribution < 1.29 is 4.39 Å². The van der Waals surface area contributed by atoms with Gasteiger partial charge in [0, 0.05) is 30.1 Å². The van der Waals surface area contributed by atoms with E-state index in [-0.39, 0.29) is 11.2 Å². The lowest BCUT2D eigenvalue weighted by atomic mass is 9.63. The van der Waals surface area contributed by atoms with Crippen molar-refractivity contribution in [3.63, 3.8) is 0 Å². The molecule has 1 aliphatic carbocycles. The molecule has 4 nitrogen and oxygen atoms in total. The Kier molecular flexibility index (Phi) is 4.47. The highest BCUT2D eigenvalue weighted by Crippen LogP contribution is 2.47. The molecule has 0 amide bonds. The highest BCUT2D eigenvalue weighted by atomic mass is 19.1. The van der Waals surface area contributed by atoms with Crippen LogP contribution in [-0.4, -0.2) is 15.2 Å². The molecule has 0 saturated heterocycles. The molecule has 1 saturated carbocycles. The quantitative estimate of drug-likeness (QED) is 0.762. The van der Waals surface area contributed by atoms with Gasteiger partial charge in [-0.25, -0.2) is 4.39 Å². The van der Waals surface area contributed by atoms with Gasteiger partial charge < -0.3 is 5.73 Å². The van der Waals surface area contributed by atoms with Gasteiger partial charge in [0.25, 0.3) is 0 Å². The van der Waals surface area contributed by atoms with Crippen LogP contribution >= 0.6 is 0 Å². The first-order valence-electron chi connectivity index (χ1n) is 8.81. The van der Waals surface area contributed by atoms with Gasteiger partial charge >= 0.3 is 0 Å². The second-order valence-electron chi connectivity index (χ2n) is 6.69. The lowest BCUT2D eigenvalue weighted by Gasteiger charge is -2.41. The van der Waals surface area contributed by atoms with Crippen LogP contribution in [0.25, 0.3) is 11.3 Å². The first-order valence-corrected chi connectivity index (χ1v) is 8.81. The summed E-state index contributed by atoms with van der Waals surface area (Å²) >= 11 is 0. The zero-order valence-corrected chi connectivity index (χ0v) is 14.4. The lowest BCUT2D eigenvalue weighted by Crippen LogP contribution is -2.37. The number of nitrogens with zero attached hydrogens (tertiary/aromatic N) is 3. The van der Waals surface area contributed by atoms with Crippen LogP contribution in [0.15, 0.2) is 54.7 Å². The lowest BCUT2D eigenvalue weighted by molar-refractivity contribution is 0.274. The molecule has 3 aromatic rings. The smallest absolute Gasteiger partial charge is 0.145 e. The normalized spacial score (nSPS) is 15.5. The minimum absolute atomic E-state index is 0.259. The van der Waals surface area contributed by atoms with Gasteiger partial charge in [-0.1, -0.05) is 30.7 Å². The molecule has 1 aromatic carbocycles. The van der Waals surface area contributed by atoms with E-state index in [2.05, 4.69) is 15.2 Å². The molecule has 5 heteroatoms. The Morgan fingerprint density at radius 3 is 2.54 bits per heavy atom. The van der Waals surface area contributed by atoms with E-state index in [1.54, 1.807) is 12.3 Å². The topological polar surface area (TPSA) is 64.7 Å². The van der Waals surface area contributed by atoms with Gasteiger partial charge in [-0.3, -0.25) is 4.98 Å². The van der Waals surface area contributed by atoms with Crippen molar-refractivity contribution in [2.45, 2.75) is 31.2 Å². The third-order valence-electron chi connectivity index (χ3n) is 5.10. The molecule has 131 valence electrons. The molecule has 1 fully saturated rings. The molecule has 1 radical (unpaired) electrons. The van der Waals surface area contributed by atoms with Crippen molar-refractivity contribution in [2.24, 2.45) is 5.73 Å². The molecule has 1 aliphatic rings. The molecule has 0 aliphatic heterocycles. The average Bonchev–Trinajstić information content (AvgIpc) is 2.66. The van der Waals surface area contributed by atoms with E-state index in [9.17, 15) is 4.39 Å². The van der Waals surface area contributed by atoms with Crippen molar-refractivity contribution in [3.05, 3.63) is 83.9 Å². The molecule has 4 rings (SSSR count). The molecule has 0 spiro atoms. The first kappa shape index (κ1) is 16.8. The van der Waals surface area contributed by atoms with Gasteiger partial charge in [0.15, 0.2) is 0 Å². The van der Waals surface area contributed by atoms with Crippen LogP contribution in [0.5, 0.6) is 0 Å². The van der Waals surface area contributed by atoms with E-state index < -0.39 is 0 Å². The van der Waals surface area contributed by atoms with E-state index in [0.717, 1.165) is 41.8 Å². The van der Waals surface area contributed by atoms with Crippen molar-refractivity contribution in [3.8, 4) is 11.3 Å². The molecule has 0 atom stereocenters. The SMILES string of the molecule is NCc1ccccc1-c1ccc([CH]C2(c3ncccc3F)CCC2)nn1. The van der Waals surface area contributed by atoms with Crippen molar-refractivity contribution in [1.82, 2.24) is 15.2 Å². The number of rotatable bonds is 5. The van der Waals surface area contributed by atoms with Crippen LogP contribution in [0.4, 0.5) is 4.39 Å². The Morgan fingerprint density at radius 2 is 1.88 bits per heavy atom. The minimum atomic E-state index is -0.378. The molecule has 0 bridgehead atoms. The third kappa shape index (κ3) is 2.99. The summed E-state index contributed by atoms with van der Waals surface area (Å²) in [6.07, 6.45) is 6.46. The molecular formula is C21H20FN4. The standard InChI is InChI=1S/C21H20FN4/c22-18-7-3-12-24-20(18)21(10-4-11-21)13-16-8-9-19(26-25-16)17-6-2-1-5-15(17)14-23/h1-3,5-9,12-13H,4,10-11,14,23H2. The van der Waals surface area contributed by atoms with Crippen LogP contribution in [0.3, 0.4) is 0 Å². The van der Waals surface area contributed by atoms with Crippen LogP contribution in [-0.2, 0) is 12.0 Å². The molecule has 0 unspecified atom stereocenters. The number of hydrogen-bond donors (Lipinski definition) is 1. The fourth-order valence-electron chi connectivity index (χ4n) is 3.55. The largest absolute Gasteiger partial charge is 0.326 e. The van der Waals surface area contributed by atoms with Crippen LogP contribution in [0, 0.1) is 12.2 Å². The van der Waals surface area contributed by atoms with Crippen LogP contribution < -0.4 is 5.73 Å². The Hall–Kier alpha value is -2.66. The van der Waals surface area contributed by atoms with Crippen molar-refractivity contribution >= 4 is 0 Å². The molecule has 2 aromatic heterocycles. The predicted molar refractivity (Wildman–Crippen MR) is 98.5 cm³/mol. The summed E-state index contributed by atoms with van der Waals surface area (Å²) in [6, 6.07) is 14.9. The Bertz CT molecular complexity index is 904. The van der Waals surface area contributed by atoms with Gasteiger partial charge in [-0.2, -0.15) is 10.2 Å². The maximum Gasteiger partial charge on any atom is 0.145 e. The van der Waals surface area contributed by atoms with Gasteiger partial charge in [0.2, 0.25) is 0 Å². The summed E-state index contributed by atoms with van der Waals surface area (Å²) in [5.74, 6) is -0.259. The fraction of sp³-hybridized carbons (Fsp3) is 0.238. The van der Waals surface area contributed by atoms with Crippen LogP contribution in [0.2, 0.25) is 0 Å². The van der Waals surface area contributed by atoms with Crippen molar-refractivity contribution in [1.29, 1.82) is 0 Å². The molecule has 2 N–H and O–H groups in total. The zero-order chi connectivity index (χ0) is 18.0. The average molecular weight is 347 g/mol. The number of hydrogen-bond acceptors (Lipinski definition) is 4. The Labute approximate surface area is 152 Å². The number of benzene rings is 1. The van der Waals surface area contributed by atoms with E-state index in [0.29, 0.717) is 12.2 Å². The van der Waals surface area contributed by atoms with E-state index in [1.807, 2.05) is 42.8 Å². The number of halogens is 1. The predicted octanol–water partition coefficient (Wildman–Crippen LogP) is 3.81. The van der Waals surface area contributed by atoms with Gasteiger partial charge in [-0.15, -0.1) is 0 Å². The summed E-state index contributed by atoms with van der Waals surface area (Å²) in [6.45, 7) is 0.452. The summed E-state index contributed by atoms with van der Waals surface area (Å²) < 4.78 is 14.2. The van der Waals surface area contributed by atoms with Gasteiger partial charge in [0.1, 0.15) is 5.82 Å². The van der Waals surface area contributed by atoms with E-state index in [4.69, 9.17) is 5.73 Å². The van der Waals surface area contributed by atoms with E-state index in [1.165, 1.54) is 6.07 Å². The number of nitrogens with two attached hydrogens (primary N) is 1. The monoisotopic (exact) mass is 347 g/mol. The summed E-state index contributed by atoms with van der Waals surface area (Å²) in [4.78, 5) is 4.29. The minimum Gasteiger partial charge on any atom is -0.326 e. The third-order valence-corrected chi connectivity index (χ3v) is 5.10. The summed E-state index contributed by atoms with van der Waals surface area (Å²) in [5, 5.41) is 8.72. The van der Waals surface area contributed by atoms with Crippen molar-refractivity contribution in [2.75, 3.05) is 0 Å². The zero-order valence-electron chi connectivity index (χ0n) is 14.4. The van der Waals surface area contributed by atoms with Gasteiger partial charge in [-0.05, 0) is 42.7 Å². The summed E-state index contributed by atoms with van der Waals surface area (Å²) in [7, 11) is 0.